The highest BCUT2D eigenvalue weighted by atomic mass is 16.6. The Morgan fingerprint density at radius 3 is 2.75 bits per heavy atom. The van der Waals surface area contributed by atoms with Gasteiger partial charge in [-0.3, -0.25) is 14.7 Å². The van der Waals surface area contributed by atoms with E-state index in [0.717, 1.165) is 0 Å². The maximum atomic E-state index is 10.4. The van der Waals surface area contributed by atoms with Crippen LogP contribution in [0.3, 0.4) is 0 Å². The van der Waals surface area contributed by atoms with Gasteiger partial charge in [0.05, 0.1) is 6.07 Å². The number of aromatic nitrogens is 3. The summed E-state index contributed by atoms with van der Waals surface area (Å²) in [6, 6.07) is 2.77. The molecule has 0 amide bonds. The van der Waals surface area contributed by atoms with Gasteiger partial charge in [-0.25, -0.2) is 0 Å². The molecular formula is C8H9N5O3. The largest absolute Gasteiger partial charge is 0.433 e. The van der Waals surface area contributed by atoms with Crippen molar-refractivity contribution in [3.63, 3.8) is 0 Å². The van der Waals surface area contributed by atoms with Crippen LogP contribution in [-0.4, -0.2) is 26.7 Å². The first-order chi connectivity index (χ1) is 7.63. The van der Waals surface area contributed by atoms with E-state index in [1.54, 1.807) is 18.7 Å². The van der Waals surface area contributed by atoms with Gasteiger partial charge in [0.15, 0.2) is 5.76 Å². The molecule has 2 aromatic heterocycles. The van der Waals surface area contributed by atoms with Crippen molar-refractivity contribution in [2.45, 2.75) is 0 Å². The standard InChI is InChI=1S/C8H9N5O3/c1-9-8-11-10-7(12(8)2)5-3-4-6(16-5)13(14)15/h3-4H,1-2H3,(H,9,11). The molecular weight excluding hydrogens is 214 g/mol. The number of nitro groups is 1. The van der Waals surface area contributed by atoms with Crippen LogP contribution >= 0.6 is 0 Å². The lowest BCUT2D eigenvalue weighted by atomic mass is 10.4. The quantitative estimate of drug-likeness (QED) is 0.616. The molecule has 0 saturated heterocycles. The Morgan fingerprint density at radius 1 is 1.50 bits per heavy atom. The van der Waals surface area contributed by atoms with Crippen LogP contribution in [0, 0.1) is 10.1 Å². The lowest BCUT2D eigenvalue weighted by molar-refractivity contribution is -0.401. The zero-order chi connectivity index (χ0) is 11.7. The van der Waals surface area contributed by atoms with Crippen LogP contribution in [0.5, 0.6) is 0 Å². The van der Waals surface area contributed by atoms with Gasteiger partial charge in [-0.05, 0) is 6.07 Å². The summed E-state index contributed by atoms with van der Waals surface area (Å²) >= 11 is 0. The average molecular weight is 223 g/mol. The molecule has 1 N–H and O–H groups in total. The van der Waals surface area contributed by atoms with E-state index < -0.39 is 4.92 Å². The van der Waals surface area contributed by atoms with Crippen LogP contribution in [-0.2, 0) is 7.05 Å². The summed E-state index contributed by atoms with van der Waals surface area (Å²) in [7, 11) is 3.44. The Morgan fingerprint density at radius 2 is 2.25 bits per heavy atom. The van der Waals surface area contributed by atoms with Crippen LogP contribution in [0.2, 0.25) is 0 Å². The van der Waals surface area contributed by atoms with Gasteiger partial charge in [0.1, 0.15) is 4.92 Å². The molecule has 2 aromatic rings. The number of anilines is 1. The van der Waals surface area contributed by atoms with Crippen molar-refractivity contribution in [2.24, 2.45) is 7.05 Å². The van der Waals surface area contributed by atoms with E-state index in [0.29, 0.717) is 17.5 Å². The maximum Gasteiger partial charge on any atom is 0.433 e. The van der Waals surface area contributed by atoms with Crippen molar-refractivity contribution < 1.29 is 9.34 Å². The van der Waals surface area contributed by atoms with Crippen molar-refractivity contribution in [3.05, 3.63) is 22.2 Å². The van der Waals surface area contributed by atoms with Gasteiger partial charge in [-0.2, -0.15) is 0 Å². The number of nitrogens with one attached hydrogen (secondary N) is 1. The predicted molar refractivity (Wildman–Crippen MR) is 54.9 cm³/mol. The molecule has 0 radical (unpaired) electrons. The Bertz CT molecular complexity index is 530. The molecule has 0 aliphatic rings. The molecule has 0 atom stereocenters. The zero-order valence-electron chi connectivity index (χ0n) is 8.67. The highest BCUT2D eigenvalue weighted by Gasteiger charge is 2.17. The molecule has 0 aromatic carbocycles. The van der Waals surface area contributed by atoms with Gasteiger partial charge in [-0.1, -0.05) is 0 Å². The molecule has 0 aliphatic carbocycles. The average Bonchev–Trinajstić information content (AvgIpc) is 2.83. The molecule has 0 saturated carbocycles. The zero-order valence-corrected chi connectivity index (χ0v) is 8.67. The normalized spacial score (nSPS) is 10.4. The lowest BCUT2D eigenvalue weighted by Crippen LogP contribution is -1.99. The molecule has 2 rings (SSSR count). The van der Waals surface area contributed by atoms with E-state index in [2.05, 4.69) is 15.5 Å². The van der Waals surface area contributed by atoms with Gasteiger partial charge in [0.2, 0.25) is 11.8 Å². The number of nitrogens with zero attached hydrogens (tertiary/aromatic N) is 4. The van der Waals surface area contributed by atoms with Gasteiger partial charge in [0.25, 0.3) is 0 Å². The highest BCUT2D eigenvalue weighted by Crippen LogP contribution is 2.25. The van der Waals surface area contributed by atoms with Crippen LogP contribution in [0.4, 0.5) is 11.8 Å². The molecule has 0 fully saturated rings. The molecule has 84 valence electrons. The first kappa shape index (κ1) is 10.1. The van der Waals surface area contributed by atoms with Crippen molar-refractivity contribution in [1.82, 2.24) is 14.8 Å². The summed E-state index contributed by atoms with van der Waals surface area (Å²) < 4.78 is 6.66. The van der Waals surface area contributed by atoms with Gasteiger partial charge in [-0.15, -0.1) is 10.2 Å². The molecule has 0 unspecified atom stereocenters. The fourth-order valence-corrected chi connectivity index (χ4v) is 1.31. The van der Waals surface area contributed by atoms with E-state index in [1.807, 2.05) is 0 Å². The maximum absolute atomic E-state index is 10.4. The minimum absolute atomic E-state index is 0.309. The van der Waals surface area contributed by atoms with Crippen LogP contribution in [0.15, 0.2) is 16.5 Å². The first-order valence-corrected chi connectivity index (χ1v) is 4.45. The number of rotatable bonds is 3. The third-order valence-corrected chi connectivity index (χ3v) is 2.09. The van der Waals surface area contributed by atoms with Gasteiger partial charge >= 0.3 is 5.88 Å². The topological polar surface area (TPSA) is 99.0 Å². The monoisotopic (exact) mass is 223 g/mol. The fraction of sp³-hybridized carbons (Fsp3) is 0.250. The third kappa shape index (κ3) is 1.49. The van der Waals surface area contributed by atoms with Crippen molar-refractivity contribution in [3.8, 4) is 11.6 Å². The summed E-state index contributed by atoms with van der Waals surface area (Å²) in [6.45, 7) is 0. The second kappa shape index (κ2) is 3.65. The predicted octanol–water partition coefficient (Wildman–Crippen LogP) is 1.02. The SMILES string of the molecule is CNc1nnc(-c2ccc([N+](=O)[O-])o2)n1C. The molecule has 0 bridgehead atoms. The summed E-state index contributed by atoms with van der Waals surface area (Å²) in [5.41, 5.74) is 0. The van der Waals surface area contributed by atoms with E-state index in [4.69, 9.17) is 4.42 Å². The minimum Gasteiger partial charge on any atom is -0.397 e. The summed E-state index contributed by atoms with van der Waals surface area (Å²) in [5.74, 6) is 0.971. The Hall–Kier alpha value is -2.38. The van der Waals surface area contributed by atoms with Crippen LogP contribution in [0.1, 0.15) is 0 Å². The Labute approximate surface area is 90.0 Å². The first-order valence-electron chi connectivity index (χ1n) is 4.45. The molecule has 16 heavy (non-hydrogen) atoms. The third-order valence-electron chi connectivity index (χ3n) is 2.09. The van der Waals surface area contributed by atoms with E-state index in [9.17, 15) is 10.1 Å². The number of furan rings is 1. The van der Waals surface area contributed by atoms with Crippen LogP contribution < -0.4 is 5.32 Å². The Balaban J connectivity index is 2.42. The summed E-state index contributed by atoms with van der Waals surface area (Å²) in [5, 5.41) is 21.0. The minimum atomic E-state index is -0.598. The van der Waals surface area contributed by atoms with E-state index in [1.165, 1.54) is 12.1 Å². The summed E-state index contributed by atoms with van der Waals surface area (Å²) in [4.78, 5) is 9.85. The smallest absolute Gasteiger partial charge is 0.397 e. The van der Waals surface area contributed by atoms with Crippen molar-refractivity contribution >= 4 is 11.8 Å². The molecule has 0 aliphatic heterocycles. The number of hydrogen-bond acceptors (Lipinski definition) is 6. The molecule has 8 heteroatoms. The van der Waals surface area contributed by atoms with Gasteiger partial charge < -0.3 is 9.73 Å². The van der Waals surface area contributed by atoms with Gasteiger partial charge in [0, 0.05) is 14.1 Å². The van der Waals surface area contributed by atoms with Crippen LogP contribution in [0.25, 0.3) is 11.6 Å². The molecule has 8 nitrogen and oxygen atoms in total. The van der Waals surface area contributed by atoms with Crippen molar-refractivity contribution in [2.75, 3.05) is 12.4 Å². The molecule has 2 heterocycles. The van der Waals surface area contributed by atoms with Crippen molar-refractivity contribution in [1.29, 1.82) is 0 Å². The summed E-state index contributed by atoms with van der Waals surface area (Å²) in [6.07, 6.45) is 0. The second-order valence-electron chi connectivity index (χ2n) is 3.05. The highest BCUT2D eigenvalue weighted by molar-refractivity contribution is 5.51. The van der Waals surface area contributed by atoms with E-state index in [-0.39, 0.29) is 5.88 Å². The second-order valence-corrected chi connectivity index (χ2v) is 3.05. The Kier molecular flexibility index (Phi) is 2.31. The number of hydrogen-bond donors (Lipinski definition) is 1. The van der Waals surface area contributed by atoms with E-state index >= 15 is 0 Å². The fourth-order valence-electron chi connectivity index (χ4n) is 1.31. The lowest BCUT2D eigenvalue weighted by Gasteiger charge is -1.99. The molecule has 0 spiro atoms.